The van der Waals surface area contributed by atoms with E-state index in [0.29, 0.717) is 29.7 Å². The molecule has 1 saturated heterocycles. The fraction of sp³-hybridized carbons (Fsp3) is 0.194. The van der Waals surface area contributed by atoms with Crippen LogP contribution in [0, 0.1) is 17.5 Å². The van der Waals surface area contributed by atoms with Crippen molar-refractivity contribution in [1.29, 1.82) is 0 Å². The molecular formula is C31H28F3N5O2. The van der Waals surface area contributed by atoms with Gasteiger partial charge in [0.05, 0.1) is 23.3 Å². The molecule has 0 spiro atoms. The molecule has 0 bridgehead atoms. The highest BCUT2D eigenvalue weighted by atomic mass is 19.1. The molecule has 5 N–H and O–H groups in total. The van der Waals surface area contributed by atoms with E-state index in [9.17, 15) is 22.8 Å². The second kappa shape index (κ2) is 11.9. The number of pyridine rings is 1. The molecule has 7 nitrogen and oxygen atoms in total. The molecule has 3 aromatic carbocycles. The predicted molar refractivity (Wildman–Crippen MR) is 147 cm³/mol. The van der Waals surface area contributed by atoms with Crippen molar-refractivity contribution < 1.29 is 22.8 Å². The Bertz CT molecular complexity index is 1560. The number of hydrogen-bond donors (Lipinski definition) is 3. The monoisotopic (exact) mass is 559 g/mol. The van der Waals surface area contributed by atoms with E-state index in [-0.39, 0.29) is 23.6 Å². The van der Waals surface area contributed by atoms with Gasteiger partial charge in [-0.25, -0.2) is 19.0 Å². The first-order valence-corrected chi connectivity index (χ1v) is 13.1. The van der Waals surface area contributed by atoms with Crippen LogP contribution in [0.15, 0.2) is 85.1 Å². The maximum atomic E-state index is 14.3. The van der Waals surface area contributed by atoms with Gasteiger partial charge in [-0.2, -0.15) is 0 Å². The molecule has 0 radical (unpaired) electrons. The molecule has 41 heavy (non-hydrogen) atoms. The number of amides is 2. The first-order valence-electron chi connectivity index (χ1n) is 13.1. The first-order chi connectivity index (χ1) is 19.7. The van der Waals surface area contributed by atoms with Gasteiger partial charge in [0.2, 0.25) is 0 Å². The van der Waals surface area contributed by atoms with Gasteiger partial charge >= 0.3 is 0 Å². The Morgan fingerprint density at radius 3 is 2.39 bits per heavy atom. The summed E-state index contributed by atoms with van der Waals surface area (Å²) in [6.45, 7) is 0. The van der Waals surface area contributed by atoms with E-state index in [1.807, 2.05) is 30.3 Å². The van der Waals surface area contributed by atoms with Crippen LogP contribution in [0.2, 0.25) is 0 Å². The Balaban J connectivity index is 1.52. The Hall–Kier alpha value is -4.54. The quantitative estimate of drug-likeness (QED) is 0.164. The summed E-state index contributed by atoms with van der Waals surface area (Å²) in [7, 11) is 0. The van der Waals surface area contributed by atoms with Crippen molar-refractivity contribution >= 4 is 11.8 Å². The van der Waals surface area contributed by atoms with Crippen LogP contribution >= 0.6 is 0 Å². The Kier molecular flexibility index (Phi) is 8.14. The van der Waals surface area contributed by atoms with Crippen LogP contribution in [0.3, 0.4) is 0 Å². The van der Waals surface area contributed by atoms with Gasteiger partial charge in [0, 0.05) is 30.3 Å². The van der Waals surface area contributed by atoms with Crippen molar-refractivity contribution in [3.63, 3.8) is 0 Å². The molecular weight excluding hydrogens is 531 g/mol. The highest BCUT2D eigenvalue weighted by Crippen LogP contribution is 2.34. The number of halogens is 3. The number of nitrogens with one attached hydrogen (secondary N) is 1. The molecule has 0 saturated carbocycles. The van der Waals surface area contributed by atoms with Crippen molar-refractivity contribution in [2.24, 2.45) is 11.6 Å². The third-order valence-electron chi connectivity index (χ3n) is 7.29. The van der Waals surface area contributed by atoms with Gasteiger partial charge < -0.3 is 5.73 Å². The Morgan fingerprint density at radius 2 is 1.68 bits per heavy atom. The summed E-state index contributed by atoms with van der Waals surface area (Å²) >= 11 is 0. The molecule has 2 amide bonds. The lowest BCUT2D eigenvalue weighted by Gasteiger charge is -2.31. The topological polar surface area (TPSA) is 114 Å². The minimum absolute atomic E-state index is 0.0360. The van der Waals surface area contributed by atoms with Gasteiger partial charge in [0.25, 0.3) is 11.8 Å². The maximum Gasteiger partial charge on any atom is 0.254 e. The van der Waals surface area contributed by atoms with E-state index < -0.39 is 41.3 Å². The van der Waals surface area contributed by atoms with Gasteiger partial charge in [-0.3, -0.25) is 24.9 Å². The van der Waals surface area contributed by atoms with Crippen LogP contribution in [-0.2, 0) is 11.2 Å². The summed E-state index contributed by atoms with van der Waals surface area (Å²) in [6, 6.07) is 18.4. The fourth-order valence-corrected chi connectivity index (χ4v) is 5.31. The lowest BCUT2D eigenvalue weighted by atomic mass is 9.93. The second-order valence-electron chi connectivity index (χ2n) is 10.00. The summed E-state index contributed by atoms with van der Waals surface area (Å²) in [6.07, 6.45) is 2.67. The standard InChI is InChI=1S/C31H28F3N5O2/c32-21-13-18(14-22(33)17-21)15-28(39(36)31(41)27-11-10-26(38-27)19-5-2-1-3-6-19)29-23(7-4-12-37-29)20-8-9-25(34)24(16-20)30(35)40/h1-9,12-14,16-17,26-28,38H,10-11,15,36H2,(H2,35,40). The minimum Gasteiger partial charge on any atom is -0.366 e. The lowest BCUT2D eigenvalue weighted by Crippen LogP contribution is -2.50. The zero-order valence-electron chi connectivity index (χ0n) is 21.9. The van der Waals surface area contributed by atoms with E-state index in [0.717, 1.165) is 22.7 Å². The summed E-state index contributed by atoms with van der Waals surface area (Å²) in [4.78, 5) is 30.1. The third-order valence-corrected chi connectivity index (χ3v) is 7.29. The smallest absolute Gasteiger partial charge is 0.254 e. The number of rotatable bonds is 8. The average molecular weight is 560 g/mol. The number of nitrogens with two attached hydrogens (primary N) is 2. The molecule has 1 aliphatic rings. The van der Waals surface area contributed by atoms with Crippen LogP contribution < -0.4 is 16.9 Å². The van der Waals surface area contributed by atoms with E-state index >= 15 is 0 Å². The maximum absolute atomic E-state index is 14.3. The zero-order valence-corrected chi connectivity index (χ0v) is 21.9. The van der Waals surface area contributed by atoms with Crippen LogP contribution in [0.1, 0.15) is 52.1 Å². The summed E-state index contributed by atoms with van der Waals surface area (Å²) < 4.78 is 42.5. The normalized spacial score (nSPS) is 17.3. The van der Waals surface area contributed by atoms with Gasteiger partial charge in [-0.1, -0.05) is 42.5 Å². The van der Waals surface area contributed by atoms with Gasteiger partial charge in [0.1, 0.15) is 17.5 Å². The zero-order chi connectivity index (χ0) is 29.1. The Morgan fingerprint density at radius 1 is 0.951 bits per heavy atom. The summed E-state index contributed by atoms with van der Waals surface area (Å²) in [5, 5.41) is 4.38. The number of benzene rings is 3. The highest BCUT2D eigenvalue weighted by Gasteiger charge is 2.36. The number of hydrogen-bond acceptors (Lipinski definition) is 5. The molecule has 0 aliphatic carbocycles. The molecule has 5 rings (SSSR count). The largest absolute Gasteiger partial charge is 0.366 e. The van der Waals surface area contributed by atoms with Crippen molar-refractivity contribution in [1.82, 2.24) is 15.3 Å². The molecule has 1 aromatic heterocycles. The van der Waals surface area contributed by atoms with E-state index in [1.54, 1.807) is 12.1 Å². The molecule has 210 valence electrons. The van der Waals surface area contributed by atoms with Crippen LogP contribution in [-0.4, -0.2) is 27.8 Å². The van der Waals surface area contributed by atoms with Crippen molar-refractivity contribution in [2.45, 2.75) is 37.4 Å². The number of nitrogens with zero attached hydrogens (tertiary/aromatic N) is 2. The number of hydrazine groups is 1. The highest BCUT2D eigenvalue weighted by molar-refractivity contribution is 5.94. The van der Waals surface area contributed by atoms with E-state index in [4.69, 9.17) is 11.6 Å². The average Bonchev–Trinajstić information content (AvgIpc) is 3.46. The minimum atomic E-state index is -0.973. The number of primary amides is 1. The van der Waals surface area contributed by atoms with Gasteiger partial charge in [0.15, 0.2) is 0 Å². The van der Waals surface area contributed by atoms with Crippen molar-refractivity contribution in [3.8, 4) is 11.1 Å². The van der Waals surface area contributed by atoms with Gasteiger partial charge in [-0.05, 0) is 59.9 Å². The number of carbonyl (C=O) groups excluding carboxylic acids is 2. The predicted octanol–water partition coefficient (Wildman–Crippen LogP) is 4.74. The van der Waals surface area contributed by atoms with Crippen molar-refractivity contribution in [2.75, 3.05) is 0 Å². The molecule has 2 heterocycles. The molecule has 1 aliphatic heterocycles. The lowest BCUT2D eigenvalue weighted by molar-refractivity contribution is -0.136. The summed E-state index contributed by atoms with van der Waals surface area (Å²) in [5.41, 5.74) is 7.49. The third kappa shape index (κ3) is 6.13. The molecule has 4 aromatic rings. The van der Waals surface area contributed by atoms with Crippen LogP contribution in [0.25, 0.3) is 11.1 Å². The van der Waals surface area contributed by atoms with E-state index in [1.165, 1.54) is 30.5 Å². The Labute approximate surface area is 235 Å². The SMILES string of the molecule is NC(=O)c1cc(-c2cccnc2C(Cc2cc(F)cc(F)c2)N(N)C(=O)C2CCC(c3ccccc3)N2)ccc1F. The molecule has 10 heteroatoms. The molecule has 3 unspecified atom stereocenters. The second-order valence-corrected chi connectivity index (χ2v) is 10.00. The molecule has 3 atom stereocenters. The summed E-state index contributed by atoms with van der Waals surface area (Å²) in [5.74, 6) is 2.81. The number of aromatic nitrogens is 1. The van der Waals surface area contributed by atoms with Crippen LogP contribution in [0.4, 0.5) is 13.2 Å². The van der Waals surface area contributed by atoms with Crippen molar-refractivity contribution in [3.05, 3.63) is 125 Å². The fourth-order valence-electron chi connectivity index (χ4n) is 5.31. The van der Waals surface area contributed by atoms with Crippen LogP contribution in [0.5, 0.6) is 0 Å². The molecule has 1 fully saturated rings. The number of carbonyl (C=O) groups is 2. The first kappa shape index (κ1) is 28.0. The van der Waals surface area contributed by atoms with Gasteiger partial charge in [-0.15, -0.1) is 0 Å². The van der Waals surface area contributed by atoms with E-state index in [2.05, 4.69) is 10.3 Å².